The highest BCUT2D eigenvalue weighted by Crippen LogP contribution is 2.42. The molecule has 1 saturated heterocycles. The molecule has 1 N–H and O–H groups in total. The number of piperazine rings is 1. The summed E-state index contributed by atoms with van der Waals surface area (Å²) in [6, 6.07) is 14.9. The Kier molecular flexibility index (Phi) is 4.58. The van der Waals surface area contributed by atoms with Crippen LogP contribution in [-0.2, 0) is 16.0 Å². The van der Waals surface area contributed by atoms with Crippen molar-refractivity contribution >= 4 is 34.3 Å². The summed E-state index contributed by atoms with van der Waals surface area (Å²) in [5, 5.41) is 1.73. The van der Waals surface area contributed by atoms with Crippen molar-refractivity contribution in [3.63, 3.8) is 0 Å². The van der Waals surface area contributed by atoms with E-state index in [1.54, 1.807) is 9.80 Å². The molecule has 2 aromatic carbocycles. The minimum Gasteiger partial charge on any atom is -0.356 e. The van der Waals surface area contributed by atoms with Crippen molar-refractivity contribution in [2.75, 3.05) is 13.1 Å². The second-order valence-electron chi connectivity index (χ2n) is 8.65. The summed E-state index contributed by atoms with van der Waals surface area (Å²) in [5.41, 5.74) is 4.03. The number of aromatic amines is 1. The SMILES string of the molecule is CC(C)CN1CC(=O)N2[C@@H](c3cccc(Cl)c3)c3[nH]c4ccccc4c3C[C@H]2C1=O. The van der Waals surface area contributed by atoms with Gasteiger partial charge in [-0.25, -0.2) is 0 Å². The van der Waals surface area contributed by atoms with Gasteiger partial charge in [0.1, 0.15) is 6.04 Å². The molecule has 0 bridgehead atoms. The third-order valence-corrected chi connectivity index (χ3v) is 6.33. The lowest BCUT2D eigenvalue weighted by molar-refractivity contribution is -0.159. The molecule has 0 saturated carbocycles. The smallest absolute Gasteiger partial charge is 0.246 e. The highest BCUT2D eigenvalue weighted by atomic mass is 35.5. The van der Waals surface area contributed by atoms with Crippen molar-refractivity contribution in [1.82, 2.24) is 14.8 Å². The summed E-state index contributed by atoms with van der Waals surface area (Å²) >= 11 is 6.30. The first-order chi connectivity index (χ1) is 14.4. The number of nitrogens with zero attached hydrogens (tertiary/aromatic N) is 2. The molecule has 0 spiro atoms. The zero-order chi connectivity index (χ0) is 21.0. The van der Waals surface area contributed by atoms with E-state index in [-0.39, 0.29) is 24.4 Å². The van der Waals surface area contributed by atoms with Gasteiger partial charge >= 0.3 is 0 Å². The number of carbonyl (C=O) groups is 2. The predicted octanol–water partition coefficient (Wildman–Crippen LogP) is 4.16. The van der Waals surface area contributed by atoms with Crippen LogP contribution in [-0.4, -0.2) is 45.7 Å². The van der Waals surface area contributed by atoms with E-state index in [0.717, 1.165) is 27.7 Å². The zero-order valence-corrected chi connectivity index (χ0v) is 17.8. The lowest BCUT2D eigenvalue weighted by Crippen LogP contribution is -2.63. The molecular formula is C24H24ClN3O2. The summed E-state index contributed by atoms with van der Waals surface area (Å²) in [6.07, 6.45) is 0.523. The third kappa shape index (κ3) is 3.00. The van der Waals surface area contributed by atoms with Crippen LogP contribution in [0.15, 0.2) is 48.5 Å². The Morgan fingerprint density at radius 2 is 1.93 bits per heavy atom. The van der Waals surface area contributed by atoms with Crippen molar-refractivity contribution < 1.29 is 9.59 Å². The maximum atomic E-state index is 13.4. The minimum absolute atomic E-state index is 0.0190. The minimum atomic E-state index is -0.499. The molecule has 1 fully saturated rings. The molecule has 0 radical (unpaired) electrons. The molecule has 2 aliphatic rings. The van der Waals surface area contributed by atoms with Gasteiger partial charge in [0, 0.05) is 34.6 Å². The highest BCUT2D eigenvalue weighted by molar-refractivity contribution is 6.30. The average Bonchev–Trinajstić information content (AvgIpc) is 3.08. The van der Waals surface area contributed by atoms with Crippen molar-refractivity contribution in [2.45, 2.75) is 32.4 Å². The molecule has 154 valence electrons. The van der Waals surface area contributed by atoms with Crippen LogP contribution >= 0.6 is 11.6 Å². The Morgan fingerprint density at radius 3 is 2.70 bits per heavy atom. The van der Waals surface area contributed by atoms with Crippen molar-refractivity contribution in [1.29, 1.82) is 0 Å². The fourth-order valence-corrected chi connectivity index (χ4v) is 5.14. The van der Waals surface area contributed by atoms with E-state index >= 15 is 0 Å². The highest BCUT2D eigenvalue weighted by Gasteiger charge is 2.48. The second-order valence-corrected chi connectivity index (χ2v) is 9.09. The molecule has 2 aliphatic heterocycles. The number of rotatable bonds is 3. The molecule has 2 atom stereocenters. The van der Waals surface area contributed by atoms with Crippen molar-refractivity contribution in [2.24, 2.45) is 5.92 Å². The van der Waals surface area contributed by atoms with Crippen LogP contribution in [0.5, 0.6) is 0 Å². The van der Waals surface area contributed by atoms with Crippen LogP contribution in [0, 0.1) is 5.92 Å². The lowest BCUT2D eigenvalue weighted by Gasteiger charge is -2.47. The van der Waals surface area contributed by atoms with Gasteiger partial charge in [-0.3, -0.25) is 9.59 Å². The van der Waals surface area contributed by atoms with Gasteiger partial charge in [0.15, 0.2) is 0 Å². The number of halogens is 1. The molecule has 1 aromatic heterocycles. The van der Waals surface area contributed by atoms with Crippen LogP contribution in [0.25, 0.3) is 10.9 Å². The Labute approximate surface area is 180 Å². The van der Waals surface area contributed by atoms with Crippen LogP contribution in [0.2, 0.25) is 5.02 Å². The number of hydrogen-bond acceptors (Lipinski definition) is 2. The molecule has 0 unspecified atom stereocenters. The number of hydrogen-bond donors (Lipinski definition) is 1. The Balaban J connectivity index is 1.69. The van der Waals surface area contributed by atoms with Crippen molar-refractivity contribution in [3.8, 4) is 0 Å². The van der Waals surface area contributed by atoms with E-state index in [0.29, 0.717) is 23.9 Å². The largest absolute Gasteiger partial charge is 0.356 e. The Hall–Kier alpha value is -2.79. The van der Waals surface area contributed by atoms with E-state index in [1.165, 1.54) is 0 Å². The summed E-state index contributed by atoms with van der Waals surface area (Å²) < 4.78 is 0. The van der Waals surface area contributed by atoms with E-state index < -0.39 is 6.04 Å². The van der Waals surface area contributed by atoms with Gasteiger partial charge in [0.2, 0.25) is 11.8 Å². The number of benzene rings is 2. The van der Waals surface area contributed by atoms with Gasteiger partial charge in [0.05, 0.1) is 12.6 Å². The first-order valence-corrected chi connectivity index (χ1v) is 10.8. The number of H-pyrrole nitrogens is 1. The standard InChI is InChI=1S/C24H24ClN3O2/c1-14(2)12-27-13-21(29)28-20(24(27)30)11-18-17-8-3-4-9-19(17)26-22(18)23(28)15-6-5-7-16(25)10-15/h3-10,14,20,23,26H,11-13H2,1-2H3/t20-,23-/m0/s1. The molecule has 5 rings (SSSR count). The summed E-state index contributed by atoms with van der Waals surface area (Å²) in [4.78, 5) is 33.8. The van der Waals surface area contributed by atoms with Crippen LogP contribution in [0.4, 0.5) is 0 Å². The molecular weight excluding hydrogens is 398 g/mol. The maximum absolute atomic E-state index is 13.4. The average molecular weight is 422 g/mol. The van der Waals surface area contributed by atoms with Gasteiger partial charge in [-0.2, -0.15) is 0 Å². The first-order valence-electron chi connectivity index (χ1n) is 10.4. The molecule has 5 nitrogen and oxygen atoms in total. The van der Waals surface area contributed by atoms with Crippen LogP contribution in [0.1, 0.15) is 36.7 Å². The van der Waals surface area contributed by atoms with Crippen LogP contribution in [0.3, 0.4) is 0 Å². The van der Waals surface area contributed by atoms with E-state index in [1.807, 2.05) is 42.5 Å². The quantitative estimate of drug-likeness (QED) is 0.690. The zero-order valence-electron chi connectivity index (χ0n) is 17.1. The molecule has 30 heavy (non-hydrogen) atoms. The van der Waals surface area contributed by atoms with Gasteiger partial charge in [-0.15, -0.1) is 0 Å². The Morgan fingerprint density at radius 1 is 1.13 bits per heavy atom. The van der Waals surface area contributed by atoms with Crippen molar-refractivity contribution in [3.05, 3.63) is 70.4 Å². The van der Waals surface area contributed by atoms with Gasteiger partial charge in [-0.1, -0.05) is 55.8 Å². The van der Waals surface area contributed by atoms with Gasteiger partial charge < -0.3 is 14.8 Å². The summed E-state index contributed by atoms with van der Waals surface area (Å²) in [5.74, 6) is 0.324. The topological polar surface area (TPSA) is 56.4 Å². The normalized spacial score (nSPS) is 21.3. The number of fused-ring (bicyclic) bond motifs is 4. The molecule has 2 amide bonds. The van der Waals surface area contributed by atoms with Crippen LogP contribution < -0.4 is 0 Å². The monoisotopic (exact) mass is 421 g/mol. The van der Waals surface area contributed by atoms with E-state index in [9.17, 15) is 9.59 Å². The molecule has 0 aliphatic carbocycles. The maximum Gasteiger partial charge on any atom is 0.246 e. The molecule has 3 aromatic rings. The molecule has 6 heteroatoms. The fraction of sp³-hybridized carbons (Fsp3) is 0.333. The number of aromatic nitrogens is 1. The molecule has 3 heterocycles. The third-order valence-electron chi connectivity index (χ3n) is 6.09. The first kappa shape index (κ1) is 19.2. The fourth-order valence-electron chi connectivity index (χ4n) is 4.94. The number of carbonyl (C=O) groups excluding carboxylic acids is 2. The predicted molar refractivity (Wildman–Crippen MR) is 117 cm³/mol. The number of nitrogens with one attached hydrogen (secondary N) is 1. The summed E-state index contributed by atoms with van der Waals surface area (Å²) in [6.45, 7) is 4.85. The Bertz CT molecular complexity index is 1150. The lowest BCUT2D eigenvalue weighted by atomic mass is 9.86. The van der Waals surface area contributed by atoms with E-state index in [4.69, 9.17) is 11.6 Å². The summed E-state index contributed by atoms with van der Waals surface area (Å²) in [7, 11) is 0. The van der Waals surface area contributed by atoms with Gasteiger partial charge in [-0.05, 0) is 35.2 Å². The number of amides is 2. The van der Waals surface area contributed by atoms with Gasteiger partial charge in [0.25, 0.3) is 0 Å². The number of para-hydroxylation sites is 1. The van der Waals surface area contributed by atoms with E-state index in [2.05, 4.69) is 24.9 Å². The second kappa shape index (κ2) is 7.17.